The summed E-state index contributed by atoms with van der Waals surface area (Å²) in [5.41, 5.74) is 0. The third kappa shape index (κ3) is 42.1. The Bertz CT molecular complexity index is 1750. The van der Waals surface area contributed by atoms with Crippen LogP contribution < -0.4 is 0 Å². The first-order chi connectivity index (χ1) is 37.6. The number of carbonyl (C=O) groups is 4. The van der Waals surface area contributed by atoms with Crippen LogP contribution in [0.4, 0.5) is 0 Å². The van der Waals surface area contributed by atoms with Crippen molar-refractivity contribution in [2.24, 2.45) is 0 Å². The molecule has 0 aromatic heterocycles. The Labute approximate surface area is 465 Å². The molecule has 77 heavy (non-hydrogen) atoms. The fourth-order valence-corrected chi connectivity index (χ4v) is 8.27. The molecule has 6 atom stereocenters. The van der Waals surface area contributed by atoms with Crippen LogP contribution >= 0.6 is 0 Å². The molecule has 1 saturated heterocycles. The van der Waals surface area contributed by atoms with Gasteiger partial charge in [0.2, 0.25) is 0 Å². The number of carboxylic acid groups (broad SMARTS) is 1. The van der Waals surface area contributed by atoms with E-state index >= 15 is 0 Å². The van der Waals surface area contributed by atoms with Gasteiger partial charge < -0.3 is 39.0 Å². The van der Waals surface area contributed by atoms with Crippen LogP contribution in [0.25, 0.3) is 0 Å². The van der Waals surface area contributed by atoms with Crippen molar-refractivity contribution in [2.45, 2.75) is 263 Å². The van der Waals surface area contributed by atoms with E-state index in [2.05, 4.69) is 106 Å². The summed E-state index contributed by atoms with van der Waals surface area (Å²) >= 11 is 0. The average Bonchev–Trinajstić information content (AvgIpc) is 3.43. The molecule has 0 spiro atoms. The van der Waals surface area contributed by atoms with Crippen molar-refractivity contribution in [1.29, 1.82) is 0 Å². The molecular weight excluding hydrogens is 973 g/mol. The molecule has 1 heterocycles. The van der Waals surface area contributed by atoms with Crippen LogP contribution in [-0.2, 0) is 42.9 Å². The van der Waals surface area contributed by atoms with Crippen LogP contribution in [0.3, 0.4) is 0 Å². The van der Waals surface area contributed by atoms with Gasteiger partial charge in [-0.05, 0) is 109 Å². The van der Waals surface area contributed by atoms with Gasteiger partial charge >= 0.3 is 23.9 Å². The number of hydrogen-bond acceptors (Lipinski definition) is 11. The number of carbonyl (C=O) groups excluding carboxylic acids is 3. The third-order valence-corrected chi connectivity index (χ3v) is 12.8. The molecule has 3 N–H and O–H groups in total. The van der Waals surface area contributed by atoms with Crippen LogP contribution in [0.2, 0.25) is 0 Å². The van der Waals surface area contributed by atoms with Crippen molar-refractivity contribution in [1.82, 2.24) is 0 Å². The standard InChI is InChI=1S/C65H104O12/c1-4-7-10-13-16-19-22-25-28-29-32-33-36-39-42-45-48-51-57(66)73-54-56(75-58(67)52-49-46-43-40-37-34-30-26-23-20-17-14-11-8-5-2)55-74-65-63(61(70)60(69)62(77-65)64(71)72)76-59(68)53-50-47-44-41-38-35-31-27-24-21-18-15-12-9-6-3/h9,12,16-21,25-28,30-31,38,41,47,50,56,60-63,65,69-70H,4-8,10-11,13-15,22-24,29,32-37,39-40,42-46,48-49,51-55H2,1-3H3,(H,71,72)/b12-9-,19-16-,20-17-,21-18-,28-25-,30-26-,31-27-,41-38-,50-47-. The van der Waals surface area contributed by atoms with Crippen LogP contribution in [-0.4, -0.2) is 89.2 Å². The van der Waals surface area contributed by atoms with Crippen molar-refractivity contribution in [3.8, 4) is 0 Å². The van der Waals surface area contributed by atoms with Crippen molar-refractivity contribution in [3.63, 3.8) is 0 Å². The van der Waals surface area contributed by atoms with Gasteiger partial charge in [0, 0.05) is 12.8 Å². The Kier molecular flexibility index (Phi) is 47.6. The van der Waals surface area contributed by atoms with Gasteiger partial charge in [0.05, 0.1) is 13.0 Å². The van der Waals surface area contributed by atoms with E-state index in [1.54, 1.807) is 12.2 Å². The number of carboxylic acids is 1. The Morgan fingerprint density at radius 1 is 0.455 bits per heavy atom. The molecule has 0 aromatic rings. The van der Waals surface area contributed by atoms with E-state index in [4.69, 9.17) is 23.7 Å². The summed E-state index contributed by atoms with van der Waals surface area (Å²) in [6.45, 7) is 5.76. The number of rotatable bonds is 49. The molecule has 12 heteroatoms. The maximum atomic E-state index is 13.1. The number of ether oxygens (including phenoxy) is 5. The molecule has 12 nitrogen and oxygen atoms in total. The lowest BCUT2D eigenvalue weighted by molar-refractivity contribution is -0.301. The summed E-state index contributed by atoms with van der Waals surface area (Å²) in [5, 5.41) is 31.4. The lowest BCUT2D eigenvalue weighted by Gasteiger charge is -2.40. The molecule has 1 fully saturated rings. The Balaban J connectivity index is 2.76. The van der Waals surface area contributed by atoms with E-state index in [9.17, 15) is 34.5 Å². The van der Waals surface area contributed by atoms with Crippen LogP contribution in [0.5, 0.6) is 0 Å². The molecule has 0 amide bonds. The quantitative estimate of drug-likeness (QED) is 0.0228. The maximum Gasteiger partial charge on any atom is 0.335 e. The highest BCUT2D eigenvalue weighted by molar-refractivity contribution is 5.74. The van der Waals surface area contributed by atoms with Crippen LogP contribution in [0, 0.1) is 0 Å². The Hall–Kier alpha value is -4.62. The molecular formula is C65H104O12. The van der Waals surface area contributed by atoms with Gasteiger partial charge in [-0.2, -0.15) is 0 Å². The molecule has 0 saturated carbocycles. The lowest BCUT2D eigenvalue weighted by atomic mass is 9.98. The minimum atomic E-state index is -1.94. The molecule has 436 valence electrons. The molecule has 0 bridgehead atoms. The van der Waals surface area contributed by atoms with Crippen molar-refractivity contribution in [2.75, 3.05) is 13.2 Å². The maximum absolute atomic E-state index is 13.1. The number of aliphatic hydroxyl groups excluding tert-OH is 2. The molecule has 0 aromatic carbocycles. The van der Waals surface area contributed by atoms with E-state index in [0.29, 0.717) is 19.3 Å². The lowest BCUT2D eigenvalue weighted by Crippen LogP contribution is -2.61. The van der Waals surface area contributed by atoms with E-state index in [1.165, 1.54) is 57.8 Å². The van der Waals surface area contributed by atoms with Crippen LogP contribution in [0.1, 0.15) is 226 Å². The SMILES string of the molecule is CC/C=C\C/C=C\C/C=C\C/C=C\C/C=C\CC(=O)OC1C(OCC(COC(=O)CCCCCCCCC/C=C\C/C=C\CCCCC)OC(=O)CCCCCCC/C=C\C/C=C\CCCCC)OC(C(=O)O)C(O)C1O. The first-order valence-electron chi connectivity index (χ1n) is 29.9. The van der Waals surface area contributed by atoms with Crippen LogP contribution in [0.15, 0.2) is 109 Å². The minimum Gasteiger partial charge on any atom is -0.479 e. The highest BCUT2D eigenvalue weighted by atomic mass is 16.7. The van der Waals surface area contributed by atoms with E-state index in [0.717, 1.165) is 109 Å². The molecule has 6 unspecified atom stereocenters. The third-order valence-electron chi connectivity index (χ3n) is 12.8. The van der Waals surface area contributed by atoms with Gasteiger partial charge in [-0.15, -0.1) is 0 Å². The summed E-state index contributed by atoms with van der Waals surface area (Å²) in [4.78, 5) is 51.1. The molecule has 0 aliphatic carbocycles. The number of hydrogen-bond donors (Lipinski definition) is 3. The zero-order valence-electron chi connectivity index (χ0n) is 47.9. The van der Waals surface area contributed by atoms with E-state index in [-0.39, 0.29) is 25.9 Å². The Morgan fingerprint density at radius 2 is 0.857 bits per heavy atom. The normalized spacial score (nSPS) is 18.8. The highest BCUT2D eigenvalue weighted by Crippen LogP contribution is 2.26. The van der Waals surface area contributed by atoms with Crippen molar-refractivity contribution >= 4 is 23.9 Å². The zero-order chi connectivity index (χ0) is 56.1. The summed E-state index contributed by atoms with van der Waals surface area (Å²) in [6, 6.07) is 0. The largest absolute Gasteiger partial charge is 0.479 e. The number of aliphatic carboxylic acids is 1. The molecule has 0 radical (unpaired) electrons. The zero-order valence-corrected chi connectivity index (χ0v) is 47.9. The molecule has 1 aliphatic rings. The number of aliphatic hydroxyl groups is 2. The predicted molar refractivity (Wildman–Crippen MR) is 312 cm³/mol. The van der Waals surface area contributed by atoms with Gasteiger partial charge in [0.25, 0.3) is 0 Å². The van der Waals surface area contributed by atoms with Gasteiger partial charge in [-0.25, -0.2) is 4.79 Å². The number of unbranched alkanes of at least 4 members (excludes halogenated alkanes) is 18. The topological polar surface area (TPSA) is 175 Å². The summed E-state index contributed by atoms with van der Waals surface area (Å²) in [7, 11) is 0. The predicted octanol–water partition coefficient (Wildman–Crippen LogP) is 15.4. The second-order valence-corrected chi connectivity index (χ2v) is 19.9. The fourth-order valence-electron chi connectivity index (χ4n) is 8.27. The van der Waals surface area contributed by atoms with E-state index in [1.807, 2.05) is 12.2 Å². The van der Waals surface area contributed by atoms with Gasteiger partial charge in [0.15, 0.2) is 24.6 Å². The minimum absolute atomic E-state index is 0.129. The second-order valence-electron chi connectivity index (χ2n) is 19.9. The smallest absolute Gasteiger partial charge is 0.335 e. The average molecular weight is 1080 g/mol. The molecule has 1 aliphatic heterocycles. The first-order valence-corrected chi connectivity index (χ1v) is 29.9. The number of allylic oxidation sites excluding steroid dienone is 17. The summed E-state index contributed by atoms with van der Waals surface area (Å²) in [6.07, 6.45) is 57.9. The summed E-state index contributed by atoms with van der Waals surface area (Å²) in [5.74, 6) is -3.32. The fraction of sp³-hybridized carbons (Fsp3) is 0.662. The van der Waals surface area contributed by atoms with Crippen molar-refractivity contribution in [3.05, 3.63) is 109 Å². The van der Waals surface area contributed by atoms with Gasteiger partial charge in [-0.3, -0.25) is 14.4 Å². The van der Waals surface area contributed by atoms with Gasteiger partial charge in [0.1, 0.15) is 18.8 Å². The van der Waals surface area contributed by atoms with E-state index < -0.39 is 67.3 Å². The second kappa shape index (κ2) is 52.1. The monoisotopic (exact) mass is 1080 g/mol. The Morgan fingerprint density at radius 3 is 1.31 bits per heavy atom. The van der Waals surface area contributed by atoms with Crippen molar-refractivity contribution < 1.29 is 58.2 Å². The summed E-state index contributed by atoms with van der Waals surface area (Å²) < 4.78 is 28.3. The first kappa shape index (κ1) is 70.4. The highest BCUT2D eigenvalue weighted by Gasteiger charge is 2.50. The number of esters is 3. The van der Waals surface area contributed by atoms with Gasteiger partial charge in [-0.1, -0.05) is 207 Å². The molecule has 1 rings (SSSR count).